The Kier molecular flexibility index (Phi) is 5.54. The molecule has 0 radical (unpaired) electrons. The minimum absolute atomic E-state index is 0.190. The highest BCUT2D eigenvalue weighted by Crippen LogP contribution is 2.24. The molecule has 0 aliphatic heterocycles. The molecule has 0 aromatic carbocycles. The fourth-order valence-corrected chi connectivity index (χ4v) is 2.24. The number of hydrogen-bond acceptors (Lipinski definition) is 7. The maximum Gasteiger partial charge on any atom is 0.350 e. The number of amides is 2. The third-order valence-corrected chi connectivity index (χ3v) is 3.43. The number of hydrogen-bond donors (Lipinski definition) is 1. The van der Waals surface area contributed by atoms with Crippen LogP contribution in [0.15, 0.2) is 12.4 Å². The van der Waals surface area contributed by atoms with E-state index in [0.717, 1.165) is 10.9 Å². The van der Waals surface area contributed by atoms with Crippen molar-refractivity contribution in [3.8, 4) is 5.88 Å². The topological polar surface area (TPSA) is 137 Å². The molecular weight excluding hydrogens is 346 g/mol. The van der Waals surface area contributed by atoms with Crippen molar-refractivity contribution in [3.05, 3.63) is 28.2 Å². The molecule has 2 amide bonds. The fourth-order valence-electron chi connectivity index (χ4n) is 2.24. The zero-order valence-corrected chi connectivity index (χ0v) is 14.8. The molecule has 0 bridgehead atoms. The molecule has 1 N–H and O–H groups in total. The van der Waals surface area contributed by atoms with E-state index >= 15 is 0 Å². The van der Waals surface area contributed by atoms with Crippen LogP contribution in [0, 0.1) is 10.1 Å². The summed E-state index contributed by atoms with van der Waals surface area (Å²) in [4.78, 5) is 36.2. The van der Waals surface area contributed by atoms with Gasteiger partial charge in [0.25, 0.3) is 5.91 Å². The molecule has 140 valence electrons. The zero-order chi connectivity index (χ0) is 19.4. The van der Waals surface area contributed by atoms with Crippen LogP contribution in [0.3, 0.4) is 0 Å². The van der Waals surface area contributed by atoms with Crippen LogP contribution in [0.5, 0.6) is 5.88 Å². The predicted octanol–water partition coefficient (Wildman–Crippen LogP) is 0.357. The van der Waals surface area contributed by atoms with Gasteiger partial charge < -0.3 is 15.0 Å². The summed E-state index contributed by atoms with van der Waals surface area (Å²) in [6, 6.07) is 0. The molecular formula is C14H19N7O5. The van der Waals surface area contributed by atoms with E-state index in [9.17, 15) is 19.7 Å². The second-order valence-corrected chi connectivity index (χ2v) is 5.45. The van der Waals surface area contributed by atoms with Crippen LogP contribution in [-0.2, 0) is 17.9 Å². The van der Waals surface area contributed by atoms with Gasteiger partial charge in [0.1, 0.15) is 18.4 Å². The first kappa shape index (κ1) is 18.9. The van der Waals surface area contributed by atoms with E-state index in [-0.39, 0.29) is 35.4 Å². The summed E-state index contributed by atoms with van der Waals surface area (Å²) in [5.74, 6) is -1.02. The summed E-state index contributed by atoms with van der Waals surface area (Å²) in [5, 5.41) is 21.4. The molecule has 2 heterocycles. The first-order valence-corrected chi connectivity index (χ1v) is 7.61. The van der Waals surface area contributed by atoms with Crippen LogP contribution in [0.4, 0.5) is 11.4 Å². The Morgan fingerprint density at radius 3 is 2.62 bits per heavy atom. The van der Waals surface area contributed by atoms with Crippen LogP contribution in [0.1, 0.15) is 17.4 Å². The molecule has 2 rings (SSSR count). The molecule has 0 fully saturated rings. The van der Waals surface area contributed by atoms with E-state index in [0.29, 0.717) is 6.54 Å². The molecule has 12 heteroatoms. The first-order chi connectivity index (χ1) is 12.3. The minimum Gasteiger partial charge on any atom is -0.475 e. The Hall–Kier alpha value is -3.44. The highest BCUT2D eigenvalue weighted by Gasteiger charge is 2.23. The lowest BCUT2D eigenvalue weighted by atomic mass is 10.3. The van der Waals surface area contributed by atoms with Gasteiger partial charge in [0.05, 0.1) is 23.9 Å². The third kappa shape index (κ3) is 3.79. The Balaban J connectivity index is 2.20. The van der Waals surface area contributed by atoms with Crippen molar-refractivity contribution in [1.82, 2.24) is 24.5 Å². The van der Waals surface area contributed by atoms with Crippen molar-refractivity contribution in [3.63, 3.8) is 0 Å². The molecule has 2 aromatic rings. The summed E-state index contributed by atoms with van der Waals surface area (Å²) >= 11 is 0. The Labute approximate surface area is 148 Å². The predicted molar refractivity (Wildman–Crippen MR) is 90.0 cm³/mol. The summed E-state index contributed by atoms with van der Waals surface area (Å²) in [6.45, 7) is 1.98. The van der Waals surface area contributed by atoms with Gasteiger partial charge in [0, 0.05) is 20.6 Å². The summed E-state index contributed by atoms with van der Waals surface area (Å²) in [5.41, 5.74) is 0.154. The Morgan fingerprint density at radius 1 is 1.42 bits per heavy atom. The highest BCUT2D eigenvalue weighted by molar-refractivity contribution is 6.02. The molecule has 0 atom stereocenters. The van der Waals surface area contributed by atoms with E-state index in [4.69, 9.17) is 4.74 Å². The van der Waals surface area contributed by atoms with Gasteiger partial charge in [-0.2, -0.15) is 5.10 Å². The van der Waals surface area contributed by atoms with Crippen LogP contribution >= 0.6 is 0 Å². The van der Waals surface area contributed by atoms with Gasteiger partial charge in [-0.1, -0.05) is 0 Å². The minimum atomic E-state index is -0.653. The highest BCUT2D eigenvalue weighted by atomic mass is 16.6. The summed E-state index contributed by atoms with van der Waals surface area (Å²) in [6.07, 6.45) is 2.48. The maximum absolute atomic E-state index is 12.3. The number of nitrogens with zero attached hydrogens (tertiary/aromatic N) is 6. The number of aryl methyl sites for hydroxylation is 1. The molecule has 0 saturated carbocycles. The number of rotatable bonds is 7. The number of nitrogens with one attached hydrogen (secondary N) is 1. The smallest absolute Gasteiger partial charge is 0.350 e. The van der Waals surface area contributed by atoms with Crippen molar-refractivity contribution in [2.24, 2.45) is 0 Å². The number of carbonyl (C=O) groups is 2. The van der Waals surface area contributed by atoms with Gasteiger partial charge in [-0.25, -0.2) is 0 Å². The second kappa shape index (κ2) is 7.63. The number of carbonyl (C=O) groups excluding carboxylic acids is 2. The summed E-state index contributed by atoms with van der Waals surface area (Å²) in [7, 11) is 4.43. The van der Waals surface area contributed by atoms with Crippen LogP contribution in [-0.4, -0.2) is 62.4 Å². The van der Waals surface area contributed by atoms with Crippen molar-refractivity contribution < 1.29 is 19.2 Å². The molecule has 0 saturated heterocycles. The lowest BCUT2D eigenvalue weighted by molar-refractivity contribution is -0.385. The van der Waals surface area contributed by atoms with E-state index in [1.165, 1.54) is 22.9 Å². The first-order valence-electron chi connectivity index (χ1n) is 7.61. The van der Waals surface area contributed by atoms with Crippen LogP contribution in [0.25, 0.3) is 0 Å². The number of anilines is 1. The normalized spacial score (nSPS) is 10.5. The van der Waals surface area contributed by atoms with Gasteiger partial charge in [0.2, 0.25) is 5.91 Å². The van der Waals surface area contributed by atoms with Gasteiger partial charge >= 0.3 is 11.6 Å². The van der Waals surface area contributed by atoms with Crippen molar-refractivity contribution in [1.29, 1.82) is 0 Å². The van der Waals surface area contributed by atoms with E-state index in [1.807, 2.05) is 6.92 Å². The summed E-state index contributed by atoms with van der Waals surface area (Å²) < 4.78 is 7.37. The quantitative estimate of drug-likeness (QED) is 0.552. The monoisotopic (exact) mass is 365 g/mol. The van der Waals surface area contributed by atoms with Gasteiger partial charge in [0.15, 0.2) is 0 Å². The standard InChI is InChI=1S/C14H19N7O5/c1-5-20-12(14(23)18(2)3)9(6-15-20)16-11(22)8-19-7-10(21(24)25)13(17-19)26-4/h6-7H,5,8H2,1-4H3,(H,16,22). The zero-order valence-electron chi connectivity index (χ0n) is 14.8. The molecule has 0 aliphatic rings. The third-order valence-electron chi connectivity index (χ3n) is 3.43. The average Bonchev–Trinajstić information content (AvgIpc) is 3.17. The van der Waals surface area contributed by atoms with Crippen molar-refractivity contribution in [2.45, 2.75) is 20.0 Å². The Morgan fingerprint density at radius 2 is 2.12 bits per heavy atom. The Bertz CT molecular complexity index is 839. The lowest BCUT2D eigenvalue weighted by Gasteiger charge is -2.13. The molecule has 12 nitrogen and oxygen atoms in total. The maximum atomic E-state index is 12.3. The second-order valence-electron chi connectivity index (χ2n) is 5.45. The number of ether oxygens (including phenoxy) is 1. The number of methoxy groups -OCH3 is 1. The van der Waals surface area contributed by atoms with Crippen LogP contribution in [0.2, 0.25) is 0 Å². The molecule has 26 heavy (non-hydrogen) atoms. The molecule has 0 aliphatic carbocycles. The van der Waals surface area contributed by atoms with E-state index in [1.54, 1.807) is 14.1 Å². The number of aromatic nitrogens is 4. The van der Waals surface area contributed by atoms with E-state index in [2.05, 4.69) is 15.5 Å². The van der Waals surface area contributed by atoms with Gasteiger partial charge in [-0.05, 0) is 6.92 Å². The van der Waals surface area contributed by atoms with Gasteiger partial charge in [-0.15, -0.1) is 5.10 Å². The van der Waals surface area contributed by atoms with Gasteiger partial charge in [-0.3, -0.25) is 29.1 Å². The largest absolute Gasteiger partial charge is 0.475 e. The van der Waals surface area contributed by atoms with Crippen molar-refractivity contribution >= 4 is 23.2 Å². The van der Waals surface area contributed by atoms with Crippen molar-refractivity contribution in [2.75, 3.05) is 26.5 Å². The molecule has 0 unspecified atom stereocenters. The molecule has 0 spiro atoms. The number of nitro groups is 1. The van der Waals surface area contributed by atoms with Crippen LogP contribution < -0.4 is 10.1 Å². The fraction of sp³-hybridized carbons (Fsp3) is 0.429. The average molecular weight is 365 g/mol. The lowest BCUT2D eigenvalue weighted by Crippen LogP contribution is -2.27. The van der Waals surface area contributed by atoms with E-state index < -0.39 is 10.8 Å². The SMILES string of the molecule is CCn1ncc(NC(=O)Cn2cc([N+](=O)[O-])c(OC)n2)c1C(=O)N(C)C. The molecule has 2 aromatic heterocycles.